The van der Waals surface area contributed by atoms with Gasteiger partial charge in [-0.2, -0.15) is 0 Å². The lowest BCUT2D eigenvalue weighted by molar-refractivity contribution is 0.0412. The Morgan fingerprint density at radius 3 is 0.829 bits per heavy atom. The lowest BCUT2D eigenvalue weighted by Crippen LogP contribution is -2.22. The first-order valence-electron chi connectivity index (χ1n) is 13.5. The summed E-state index contributed by atoms with van der Waals surface area (Å²) >= 11 is 0. The van der Waals surface area contributed by atoms with Crippen molar-refractivity contribution in [1.82, 2.24) is 0 Å². The molecule has 0 aliphatic heterocycles. The summed E-state index contributed by atoms with van der Waals surface area (Å²) in [6, 6.07) is 34.8. The molecule has 6 nitrogen and oxygen atoms in total. The van der Waals surface area contributed by atoms with Crippen LogP contribution in [0.3, 0.4) is 0 Å². The predicted molar refractivity (Wildman–Crippen MR) is 170 cm³/mol. The van der Waals surface area contributed by atoms with Crippen molar-refractivity contribution in [3.8, 4) is 0 Å². The zero-order chi connectivity index (χ0) is 30.6. The molecule has 0 heterocycles. The zero-order valence-electron chi connectivity index (χ0n) is 24.2. The van der Waals surface area contributed by atoms with Crippen molar-refractivity contribution in [3.05, 3.63) is 121 Å². The Morgan fingerprint density at radius 2 is 0.659 bits per heavy atom. The van der Waals surface area contributed by atoms with E-state index >= 15 is 0 Å². The highest BCUT2D eigenvalue weighted by Crippen LogP contribution is 2.38. The monoisotopic (exact) mass is 596 g/mol. The Bertz CT molecular complexity index is 1190. The average Bonchev–Trinajstić information content (AvgIpc) is 2.94. The largest absolute Gasteiger partial charge is 0.390 e. The van der Waals surface area contributed by atoms with E-state index in [9.17, 15) is 29.1 Å². The summed E-state index contributed by atoms with van der Waals surface area (Å²) in [4.78, 5) is 20.0. The fourth-order valence-corrected chi connectivity index (χ4v) is 6.67. The molecule has 0 aliphatic carbocycles. The quantitative estimate of drug-likeness (QED) is 0.199. The molecule has 8 heteroatoms. The van der Waals surface area contributed by atoms with Gasteiger partial charge in [-0.1, -0.05) is 72.8 Å². The van der Waals surface area contributed by atoms with E-state index in [2.05, 4.69) is 0 Å². The zero-order valence-corrected chi connectivity index (χ0v) is 26.0. The van der Waals surface area contributed by atoms with E-state index < -0.39 is 25.9 Å². The summed E-state index contributed by atoms with van der Waals surface area (Å²) in [6.45, 7) is 7.16. The molecule has 0 aromatic heterocycles. The van der Waals surface area contributed by atoms with Gasteiger partial charge in [-0.25, -0.2) is 0 Å². The minimum absolute atomic E-state index is 0.469. The van der Waals surface area contributed by atoms with Crippen molar-refractivity contribution in [1.29, 1.82) is 0 Å². The number of rotatable bonds is 8. The summed E-state index contributed by atoms with van der Waals surface area (Å²) in [5, 5.41) is 20.5. The van der Waals surface area contributed by atoms with Gasteiger partial charge in [0.05, 0.1) is 11.2 Å². The van der Waals surface area contributed by atoms with E-state index in [0.717, 1.165) is 19.3 Å². The standard InChI is InChI=1S/2C12H11O2P.C9H20O2/c2*13-15(14,11-7-3-1-4-8-11)12-9-5-2-6-10-12;1-8(2,10)6-5-7-9(3,4)11/h2*1-10H,(H,13,14);10-11H,5-7H2,1-4H3. The molecule has 0 radical (unpaired) electrons. The van der Waals surface area contributed by atoms with Gasteiger partial charge >= 0.3 is 0 Å². The normalized spacial score (nSPS) is 11.9. The lowest BCUT2D eigenvalue weighted by Gasteiger charge is -2.21. The molecular weight excluding hydrogens is 554 g/mol. The van der Waals surface area contributed by atoms with Crippen molar-refractivity contribution < 1.29 is 29.1 Å². The smallest absolute Gasteiger partial charge is 0.258 e. The molecule has 41 heavy (non-hydrogen) atoms. The summed E-state index contributed by atoms with van der Waals surface area (Å²) in [5.41, 5.74) is -1.18. The molecule has 0 unspecified atom stereocenters. The van der Waals surface area contributed by atoms with E-state index in [-0.39, 0.29) is 0 Å². The Labute approximate surface area is 244 Å². The first-order valence-corrected chi connectivity index (χ1v) is 16.8. The molecular formula is C33H42O6P2. The van der Waals surface area contributed by atoms with Crippen LogP contribution in [0.4, 0.5) is 0 Å². The van der Waals surface area contributed by atoms with Gasteiger partial charge in [-0.15, -0.1) is 0 Å². The fourth-order valence-electron chi connectivity index (χ4n) is 3.77. The third-order valence-electron chi connectivity index (χ3n) is 6.00. The van der Waals surface area contributed by atoms with Crippen molar-refractivity contribution in [2.75, 3.05) is 0 Å². The molecule has 0 saturated heterocycles. The van der Waals surface area contributed by atoms with Gasteiger partial charge in [-0.05, 0) is 95.5 Å². The Kier molecular flexibility index (Phi) is 12.9. The van der Waals surface area contributed by atoms with Crippen LogP contribution in [0.25, 0.3) is 0 Å². The van der Waals surface area contributed by atoms with Crippen LogP contribution in [0.2, 0.25) is 0 Å². The van der Waals surface area contributed by atoms with Crippen molar-refractivity contribution in [3.63, 3.8) is 0 Å². The molecule has 4 rings (SSSR count). The number of hydrogen-bond acceptors (Lipinski definition) is 4. The number of aliphatic hydroxyl groups is 2. The van der Waals surface area contributed by atoms with Gasteiger partial charge < -0.3 is 20.0 Å². The fraction of sp³-hybridized carbons (Fsp3) is 0.273. The van der Waals surface area contributed by atoms with Crippen molar-refractivity contribution >= 4 is 36.0 Å². The maximum absolute atomic E-state index is 12.2. The molecule has 0 amide bonds. The van der Waals surface area contributed by atoms with E-state index in [4.69, 9.17) is 0 Å². The summed E-state index contributed by atoms with van der Waals surface area (Å²) in [6.07, 6.45) is 2.36. The Morgan fingerprint density at radius 1 is 0.463 bits per heavy atom. The SMILES string of the molecule is CC(C)(O)CCCC(C)(C)O.O=P(O)(c1ccccc1)c1ccccc1.O=P(O)(c1ccccc1)c1ccccc1. The van der Waals surface area contributed by atoms with Gasteiger partial charge in [0.15, 0.2) is 0 Å². The van der Waals surface area contributed by atoms with E-state index in [1.54, 1.807) is 125 Å². The first kappa shape index (κ1) is 34.4. The molecule has 0 bridgehead atoms. The third-order valence-corrected chi connectivity index (χ3v) is 9.99. The molecule has 0 spiro atoms. The molecule has 220 valence electrons. The van der Waals surface area contributed by atoms with Crippen molar-refractivity contribution in [2.45, 2.75) is 58.2 Å². The highest BCUT2D eigenvalue weighted by molar-refractivity contribution is 7.73. The van der Waals surface area contributed by atoms with Gasteiger partial charge in [0.2, 0.25) is 0 Å². The summed E-state index contributed by atoms with van der Waals surface area (Å²) < 4.78 is 24.3. The van der Waals surface area contributed by atoms with E-state index in [1.165, 1.54) is 0 Å². The molecule has 0 atom stereocenters. The molecule has 4 aromatic rings. The lowest BCUT2D eigenvalue weighted by atomic mass is 9.95. The van der Waals surface area contributed by atoms with Gasteiger partial charge in [-0.3, -0.25) is 9.13 Å². The van der Waals surface area contributed by atoms with Crippen LogP contribution in [0.15, 0.2) is 121 Å². The molecule has 0 fully saturated rings. The maximum atomic E-state index is 12.2. The van der Waals surface area contributed by atoms with Crippen LogP contribution >= 0.6 is 14.7 Å². The second kappa shape index (κ2) is 15.4. The average molecular weight is 597 g/mol. The van der Waals surface area contributed by atoms with Crippen LogP contribution < -0.4 is 21.2 Å². The highest BCUT2D eigenvalue weighted by Gasteiger charge is 2.24. The van der Waals surface area contributed by atoms with E-state index in [1.807, 2.05) is 24.3 Å². The Hall–Kier alpha value is -2.82. The molecule has 0 aliphatic rings. The topological polar surface area (TPSA) is 115 Å². The van der Waals surface area contributed by atoms with Gasteiger partial charge in [0.1, 0.15) is 0 Å². The third kappa shape index (κ3) is 12.3. The Balaban J connectivity index is 0.000000219. The molecule has 0 saturated carbocycles. The predicted octanol–water partition coefficient (Wildman–Crippen LogP) is 5.51. The number of hydrogen-bond donors (Lipinski definition) is 4. The van der Waals surface area contributed by atoms with E-state index in [0.29, 0.717) is 21.2 Å². The van der Waals surface area contributed by atoms with Crippen molar-refractivity contribution in [2.24, 2.45) is 0 Å². The van der Waals surface area contributed by atoms with Gasteiger partial charge in [0.25, 0.3) is 14.7 Å². The maximum Gasteiger partial charge on any atom is 0.258 e. The van der Waals surface area contributed by atoms with Crippen LogP contribution in [0.5, 0.6) is 0 Å². The minimum atomic E-state index is -3.40. The van der Waals surface area contributed by atoms with Crippen LogP contribution in [0, 0.1) is 0 Å². The highest BCUT2D eigenvalue weighted by atomic mass is 31.2. The second-order valence-electron chi connectivity index (χ2n) is 11.0. The molecule has 4 N–H and O–H groups in total. The second-order valence-corrected chi connectivity index (χ2v) is 15.3. The molecule has 4 aromatic carbocycles. The number of benzene rings is 4. The van der Waals surface area contributed by atoms with Crippen LogP contribution in [-0.4, -0.2) is 31.2 Å². The van der Waals surface area contributed by atoms with Crippen LogP contribution in [-0.2, 0) is 9.13 Å². The summed E-state index contributed by atoms with van der Waals surface area (Å²) in [7, 11) is -6.79. The van der Waals surface area contributed by atoms with Gasteiger partial charge in [0, 0.05) is 21.2 Å². The summed E-state index contributed by atoms with van der Waals surface area (Å²) in [5.74, 6) is 0. The first-order chi connectivity index (χ1) is 19.1. The van der Waals surface area contributed by atoms with Crippen LogP contribution in [0.1, 0.15) is 47.0 Å². The minimum Gasteiger partial charge on any atom is -0.390 e.